The average Bonchev–Trinajstić information content (AvgIpc) is 2.96. The van der Waals surface area contributed by atoms with Gasteiger partial charge in [0.2, 0.25) is 0 Å². The Labute approximate surface area is 123 Å². The SMILES string of the molecule is CCCc1nnsc1C(=O)Nc1sc(C)cc1C(=O)O. The first-order valence-corrected chi connectivity index (χ1v) is 7.58. The van der Waals surface area contributed by atoms with E-state index >= 15 is 0 Å². The number of hydrogen-bond donors (Lipinski definition) is 2. The van der Waals surface area contributed by atoms with E-state index in [-0.39, 0.29) is 11.5 Å². The lowest BCUT2D eigenvalue weighted by atomic mass is 10.2. The van der Waals surface area contributed by atoms with Gasteiger partial charge in [-0.1, -0.05) is 17.8 Å². The van der Waals surface area contributed by atoms with Crippen molar-refractivity contribution in [3.05, 3.63) is 27.1 Å². The van der Waals surface area contributed by atoms with Gasteiger partial charge in [0.15, 0.2) is 0 Å². The topological polar surface area (TPSA) is 92.2 Å². The number of thiophene rings is 1. The smallest absolute Gasteiger partial charge is 0.338 e. The molecule has 0 aliphatic heterocycles. The Morgan fingerprint density at radius 3 is 2.85 bits per heavy atom. The summed E-state index contributed by atoms with van der Waals surface area (Å²) in [5.41, 5.74) is 0.760. The highest BCUT2D eigenvalue weighted by molar-refractivity contribution is 7.16. The predicted octanol–water partition coefficient (Wildman–Crippen LogP) is 2.81. The van der Waals surface area contributed by atoms with Crippen LogP contribution in [0.5, 0.6) is 0 Å². The number of carbonyl (C=O) groups is 2. The molecule has 0 aliphatic rings. The minimum absolute atomic E-state index is 0.107. The lowest BCUT2D eigenvalue weighted by molar-refractivity contribution is 0.0698. The summed E-state index contributed by atoms with van der Waals surface area (Å²) in [7, 11) is 0. The molecular weight excluding hydrogens is 298 g/mol. The van der Waals surface area contributed by atoms with Crippen molar-refractivity contribution in [2.24, 2.45) is 0 Å². The highest BCUT2D eigenvalue weighted by Crippen LogP contribution is 2.28. The summed E-state index contributed by atoms with van der Waals surface area (Å²) >= 11 is 2.26. The van der Waals surface area contributed by atoms with Crippen molar-refractivity contribution < 1.29 is 14.7 Å². The fourth-order valence-electron chi connectivity index (χ4n) is 1.71. The minimum atomic E-state index is -1.05. The average molecular weight is 311 g/mol. The van der Waals surface area contributed by atoms with E-state index in [9.17, 15) is 9.59 Å². The van der Waals surface area contributed by atoms with Crippen LogP contribution < -0.4 is 5.32 Å². The van der Waals surface area contributed by atoms with Crippen molar-refractivity contribution in [1.82, 2.24) is 9.59 Å². The Kier molecular flexibility index (Phi) is 4.46. The maximum Gasteiger partial charge on any atom is 0.338 e. The molecule has 0 saturated heterocycles. The third-order valence-electron chi connectivity index (χ3n) is 2.56. The van der Waals surface area contributed by atoms with Crippen LogP contribution >= 0.6 is 22.9 Å². The molecule has 2 N–H and O–H groups in total. The van der Waals surface area contributed by atoms with Crippen molar-refractivity contribution in [2.75, 3.05) is 5.32 Å². The summed E-state index contributed by atoms with van der Waals surface area (Å²) in [5.74, 6) is -1.41. The van der Waals surface area contributed by atoms with Gasteiger partial charge < -0.3 is 10.4 Å². The molecule has 0 fully saturated rings. The van der Waals surface area contributed by atoms with E-state index in [0.29, 0.717) is 22.0 Å². The van der Waals surface area contributed by atoms with Crippen LogP contribution in [0.3, 0.4) is 0 Å². The fraction of sp³-hybridized carbons (Fsp3) is 0.333. The van der Waals surface area contributed by atoms with Gasteiger partial charge in [-0.25, -0.2) is 4.79 Å². The van der Waals surface area contributed by atoms with E-state index in [1.54, 1.807) is 13.0 Å². The first kappa shape index (κ1) is 14.6. The predicted molar refractivity (Wildman–Crippen MR) is 77.9 cm³/mol. The number of nitrogens with one attached hydrogen (secondary N) is 1. The van der Waals surface area contributed by atoms with Gasteiger partial charge in [-0.05, 0) is 30.9 Å². The quantitative estimate of drug-likeness (QED) is 0.885. The maximum atomic E-state index is 12.2. The number of hydrogen-bond acceptors (Lipinski definition) is 6. The molecule has 2 aromatic heterocycles. The molecule has 0 aromatic carbocycles. The van der Waals surface area contributed by atoms with Gasteiger partial charge in [0, 0.05) is 4.88 Å². The largest absolute Gasteiger partial charge is 0.478 e. The number of aromatic carboxylic acids is 1. The Morgan fingerprint density at radius 2 is 2.20 bits per heavy atom. The molecule has 0 atom stereocenters. The summed E-state index contributed by atoms with van der Waals surface area (Å²) in [5, 5.41) is 16.0. The van der Waals surface area contributed by atoms with Gasteiger partial charge in [-0.3, -0.25) is 4.79 Å². The van der Waals surface area contributed by atoms with Gasteiger partial charge >= 0.3 is 5.97 Å². The zero-order chi connectivity index (χ0) is 14.7. The first-order valence-electron chi connectivity index (χ1n) is 5.99. The number of carbonyl (C=O) groups excluding carboxylic acids is 1. The van der Waals surface area contributed by atoms with Gasteiger partial charge in [0.25, 0.3) is 5.91 Å². The molecule has 8 heteroatoms. The molecule has 0 unspecified atom stereocenters. The zero-order valence-electron chi connectivity index (χ0n) is 11.0. The number of anilines is 1. The first-order chi connectivity index (χ1) is 9.52. The second kappa shape index (κ2) is 6.10. The zero-order valence-corrected chi connectivity index (χ0v) is 12.6. The molecule has 2 rings (SSSR count). The van der Waals surface area contributed by atoms with E-state index in [0.717, 1.165) is 22.8 Å². The van der Waals surface area contributed by atoms with Crippen molar-refractivity contribution >= 4 is 39.7 Å². The van der Waals surface area contributed by atoms with E-state index in [2.05, 4.69) is 14.9 Å². The van der Waals surface area contributed by atoms with Crippen LogP contribution in [0.4, 0.5) is 5.00 Å². The monoisotopic (exact) mass is 311 g/mol. The van der Waals surface area contributed by atoms with Gasteiger partial charge in [0.05, 0.1) is 11.3 Å². The molecule has 1 amide bonds. The van der Waals surface area contributed by atoms with Crippen molar-refractivity contribution in [1.29, 1.82) is 0 Å². The third kappa shape index (κ3) is 3.02. The molecule has 6 nitrogen and oxygen atoms in total. The lowest BCUT2D eigenvalue weighted by Gasteiger charge is -2.03. The lowest BCUT2D eigenvalue weighted by Crippen LogP contribution is -2.13. The minimum Gasteiger partial charge on any atom is -0.478 e. The molecule has 2 aromatic rings. The summed E-state index contributed by atoms with van der Waals surface area (Å²) in [6.45, 7) is 3.79. The number of nitrogens with zero attached hydrogens (tertiary/aromatic N) is 2. The number of amides is 1. The number of carboxylic acids is 1. The van der Waals surface area contributed by atoms with Gasteiger partial charge in [-0.2, -0.15) is 0 Å². The van der Waals surface area contributed by atoms with Crippen LogP contribution in [-0.2, 0) is 6.42 Å². The normalized spacial score (nSPS) is 10.5. The molecule has 0 spiro atoms. The van der Waals surface area contributed by atoms with Crippen molar-refractivity contribution in [2.45, 2.75) is 26.7 Å². The third-order valence-corrected chi connectivity index (χ3v) is 4.29. The highest BCUT2D eigenvalue weighted by Gasteiger charge is 2.20. The van der Waals surface area contributed by atoms with Crippen LogP contribution in [0.15, 0.2) is 6.07 Å². The number of aromatic nitrogens is 2. The second-order valence-corrected chi connectivity index (χ2v) is 6.17. The Bertz CT molecular complexity index is 648. The fourth-order valence-corrected chi connectivity index (χ4v) is 3.21. The van der Waals surface area contributed by atoms with E-state index in [1.807, 2.05) is 6.92 Å². The summed E-state index contributed by atoms with van der Waals surface area (Å²) < 4.78 is 3.78. The van der Waals surface area contributed by atoms with Crippen LogP contribution in [0.1, 0.15) is 43.9 Å². The summed E-state index contributed by atoms with van der Waals surface area (Å²) in [6, 6.07) is 1.54. The second-order valence-electron chi connectivity index (χ2n) is 4.16. The molecule has 0 aliphatic carbocycles. The van der Waals surface area contributed by atoms with Crippen LogP contribution in [0.2, 0.25) is 0 Å². The molecule has 106 valence electrons. The van der Waals surface area contributed by atoms with Crippen molar-refractivity contribution in [3.8, 4) is 0 Å². The van der Waals surface area contributed by atoms with Gasteiger partial charge in [0.1, 0.15) is 9.88 Å². The molecule has 0 bridgehead atoms. The summed E-state index contributed by atoms with van der Waals surface area (Å²) in [6.07, 6.45) is 1.54. The molecule has 0 radical (unpaired) electrons. The van der Waals surface area contributed by atoms with E-state index < -0.39 is 5.97 Å². The number of rotatable bonds is 5. The van der Waals surface area contributed by atoms with E-state index in [1.165, 1.54) is 11.3 Å². The molecule has 20 heavy (non-hydrogen) atoms. The number of carboxylic acid groups (broad SMARTS) is 1. The van der Waals surface area contributed by atoms with Crippen LogP contribution in [0, 0.1) is 6.92 Å². The standard InChI is InChI=1S/C12H13N3O3S2/c1-3-4-8-9(20-15-14-8)10(16)13-11-7(12(17)18)5-6(2)19-11/h5H,3-4H2,1-2H3,(H,13,16)(H,17,18). The molecule has 0 saturated carbocycles. The Morgan fingerprint density at radius 1 is 1.45 bits per heavy atom. The van der Waals surface area contributed by atoms with Crippen LogP contribution in [0.25, 0.3) is 0 Å². The van der Waals surface area contributed by atoms with E-state index in [4.69, 9.17) is 5.11 Å². The van der Waals surface area contributed by atoms with Gasteiger partial charge in [-0.15, -0.1) is 16.4 Å². The number of aryl methyl sites for hydroxylation is 2. The summed E-state index contributed by atoms with van der Waals surface area (Å²) in [4.78, 5) is 24.6. The molecular formula is C12H13N3O3S2. The Balaban J connectivity index is 2.23. The van der Waals surface area contributed by atoms with Crippen molar-refractivity contribution in [3.63, 3.8) is 0 Å². The highest BCUT2D eigenvalue weighted by atomic mass is 32.1. The Hall–Kier alpha value is -1.80. The molecule has 2 heterocycles. The maximum absolute atomic E-state index is 12.2. The van der Waals surface area contributed by atoms with Crippen LogP contribution in [-0.4, -0.2) is 26.6 Å².